The quantitative estimate of drug-likeness (QED) is 0.776. The van der Waals surface area contributed by atoms with Crippen LogP contribution in [0.15, 0.2) is 40.9 Å². The van der Waals surface area contributed by atoms with Crippen molar-refractivity contribution in [3.05, 3.63) is 51.5 Å². The van der Waals surface area contributed by atoms with Gasteiger partial charge < -0.3 is 19.5 Å². The zero-order valence-corrected chi connectivity index (χ0v) is 14.5. The van der Waals surface area contributed by atoms with Crippen molar-refractivity contribution >= 4 is 45.1 Å². The van der Waals surface area contributed by atoms with E-state index >= 15 is 0 Å². The van der Waals surface area contributed by atoms with Gasteiger partial charge in [-0.2, -0.15) is 0 Å². The van der Waals surface area contributed by atoms with Gasteiger partial charge in [-0.3, -0.25) is 4.79 Å². The molecule has 0 spiro atoms. The molecule has 2 aromatic rings. The second kappa shape index (κ2) is 7.11. The maximum Gasteiger partial charge on any atom is 0.338 e. The molecule has 0 aliphatic carbocycles. The molecule has 124 valence electrons. The van der Waals surface area contributed by atoms with Crippen molar-refractivity contribution in [1.82, 2.24) is 0 Å². The van der Waals surface area contributed by atoms with Gasteiger partial charge in [-0.15, -0.1) is 0 Å². The lowest BCUT2D eigenvalue weighted by atomic mass is 10.2. The Bertz CT molecular complexity index is 794. The molecule has 3 rings (SSSR count). The number of carbonyl (C=O) groups excluding carboxylic acids is 2. The predicted molar refractivity (Wildman–Crippen MR) is 90.6 cm³/mol. The Kier molecular flexibility index (Phi) is 4.92. The Morgan fingerprint density at radius 2 is 1.96 bits per heavy atom. The molecule has 0 radical (unpaired) electrons. The zero-order chi connectivity index (χ0) is 17.1. The summed E-state index contributed by atoms with van der Waals surface area (Å²) in [6.45, 7) is -0.371. The van der Waals surface area contributed by atoms with E-state index in [9.17, 15) is 9.59 Å². The fourth-order valence-corrected chi connectivity index (χ4v) is 2.56. The van der Waals surface area contributed by atoms with Crippen molar-refractivity contribution in [1.29, 1.82) is 0 Å². The molecule has 0 bridgehead atoms. The van der Waals surface area contributed by atoms with E-state index in [0.717, 1.165) is 4.47 Å². The maximum absolute atomic E-state index is 12.0. The highest BCUT2D eigenvalue weighted by molar-refractivity contribution is 9.10. The molecule has 0 aromatic heterocycles. The molecule has 0 saturated heterocycles. The van der Waals surface area contributed by atoms with Crippen LogP contribution < -0.4 is 14.8 Å². The van der Waals surface area contributed by atoms with E-state index in [4.69, 9.17) is 25.8 Å². The summed E-state index contributed by atoms with van der Waals surface area (Å²) in [6.07, 6.45) is 0. The normalized spacial score (nSPS) is 11.9. The highest BCUT2D eigenvalue weighted by Gasteiger charge is 2.21. The van der Waals surface area contributed by atoms with Crippen LogP contribution in [0.25, 0.3) is 0 Å². The number of anilines is 1. The molecule has 6 nitrogen and oxygen atoms in total. The summed E-state index contributed by atoms with van der Waals surface area (Å²) < 4.78 is 16.2. The third kappa shape index (κ3) is 3.80. The van der Waals surface area contributed by atoms with E-state index in [1.54, 1.807) is 24.3 Å². The van der Waals surface area contributed by atoms with Crippen molar-refractivity contribution < 1.29 is 23.8 Å². The van der Waals surface area contributed by atoms with E-state index in [1.165, 1.54) is 12.1 Å². The van der Waals surface area contributed by atoms with E-state index in [2.05, 4.69) is 21.2 Å². The van der Waals surface area contributed by atoms with Crippen molar-refractivity contribution in [3.8, 4) is 11.5 Å². The zero-order valence-electron chi connectivity index (χ0n) is 12.2. The summed E-state index contributed by atoms with van der Waals surface area (Å²) in [5.41, 5.74) is 0.783. The number of benzene rings is 2. The average molecular weight is 413 g/mol. The van der Waals surface area contributed by atoms with Gasteiger partial charge in [0, 0.05) is 10.2 Å². The average Bonchev–Trinajstić information content (AvgIpc) is 3.04. The second-order valence-corrected chi connectivity index (χ2v) is 6.15. The van der Waals surface area contributed by atoms with Crippen LogP contribution in [0.2, 0.25) is 5.02 Å². The van der Waals surface area contributed by atoms with Crippen LogP contribution in [-0.2, 0) is 9.53 Å². The van der Waals surface area contributed by atoms with Crippen LogP contribution in [0.4, 0.5) is 5.69 Å². The SMILES string of the molecule is O=C(COC(=O)c1cc(Cl)c2c(c1)OCO2)Nc1ccc(Br)cc1. The van der Waals surface area contributed by atoms with Crippen molar-refractivity contribution in [2.75, 3.05) is 18.7 Å². The van der Waals surface area contributed by atoms with Crippen LogP contribution in [-0.4, -0.2) is 25.3 Å². The molecular formula is C16H11BrClNO5. The van der Waals surface area contributed by atoms with Crippen molar-refractivity contribution in [3.63, 3.8) is 0 Å². The summed E-state index contributed by atoms with van der Waals surface area (Å²) in [5, 5.41) is 2.87. The number of carbonyl (C=O) groups is 2. The van der Waals surface area contributed by atoms with Gasteiger partial charge in [-0.25, -0.2) is 4.79 Å². The molecule has 1 heterocycles. The Hall–Kier alpha value is -2.25. The molecule has 1 aliphatic rings. The smallest absolute Gasteiger partial charge is 0.338 e. The molecule has 0 unspecified atom stereocenters. The first-order valence-corrected chi connectivity index (χ1v) is 8.02. The number of esters is 1. The molecule has 1 aliphatic heterocycles. The number of ether oxygens (including phenoxy) is 3. The molecule has 2 aromatic carbocycles. The third-order valence-electron chi connectivity index (χ3n) is 3.13. The van der Waals surface area contributed by atoms with Gasteiger partial charge in [0.15, 0.2) is 18.1 Å². The fourth-order valence-electron chi connectivity index (χ4n) is 2.03. The van der Waals surface area contributed by atoms with Crippen LogP contribution >= 0.6 is 27.5 Å². The monoisotopic (exact) mass is 411 g/mol. The van der Waals surface area contributed by atoms with Crippen molar-refractivity contribution in [2.45, 2.75) is 0 Å². The minimum absolute atomic E-state index is 0.0448. The standard InChI is InChI=1S/C16H11BrClNO5/c17-10-1-3-11(4-2-10)19-14(20)7-22-16(21)9-5-12(18)15-13(6-9)23-8-24-15/h1-6H,7-8H2,(H,19,20). The summed E-state index contributed by atoms with van der Waals surface area (Å²) in [4.78, 5) is 23.9. The first-order chi connectivity index (χ1) is 11.5. The Balaban J connectivity index is 1.58. The Morgan fingerprint density at radius 1 is 1.21 bits per heavy atom. The van der Waals surface area contributed by atoms with Gasteiger partial charge in [0.2, 0.25) is 6.79 Å². The Labute approximate surface area is 150 Å². The second-order valence-electron chi connectivity index (χ2n) is 4.82. The summed E-state index contributed by atoms with van der Waals surface area (Å²) in [6, 6.07) is 9.89. The number of hydrogen-bond donors (Lipinski definition) is 1. The largest absolute Gasteiger partial charge is 0.454 e. The summed E-state index contributed by atoms with van der Waals surface area (Å²) >= 11 is 9.31. The minimum atomic E-state index is -0.679. The summed E-state index contributed by atoms with van der Waals surface area (Å²) in [5.74, 6) is -0.367. The molecule has 0 saturated carbocycles. The number of hydrogen-bond acceptors (Lipinski definition) is 5. The van der Waals surface area contributed by atoms with Gasteiger partial charge in [0.1, 0.15) is 0 Å². The van der Waals surface area contributed by atoms with Crippen molar-refractivity contribution in [2.24, 2.45) is 0 Å². The van der Waals surface area contributed by atoms with E-state index in [1.807, 2.05) is 0 Å². The fraction of sp³-hybridized carbons (Fsp3) is 0.125. The van der Waals surface area contributed by atoms with E-state index in [0.29, 0.717) is 17.2 Å². The first kappa shape index (κ1) is 16.6. The molecule has 24 heavy (non-hydrogen) atoms. The van der Waals surface area contributed by atoms with Crippen LogP contribution in [0.5, 0.6) is 11.5 Å². The van der Waals surface area contributed by atoms with Crippen LogP contribution in [0.3, 0.4) is 0 Å². The molecule has 0 fully saturated rings. The first-order valence-electron chi connectivity index (χ1n) is 6.84. The number of rotatable bonds is 4. The number of amides is 1. The lowest BCUT2D eigenvalue weighted by Gasteiger charge is -2.08. The highest BCUT2D eigenvalue weighted by atomic mass is 79.9. The Morgan fingerprint density at radius 3 is 2.71 bits per heavy atom. The molecule has 1 N–H and O–H groups in total. The predicted octanol–water partition coefficient (Wildman–Crippen LogP) is 3.63. The molecule has 1 amide bonds. The van der Waals surface area contributed by atoms with Gasteiger partial charge in [-0.05, 0) is 36.4 Å². The van der Waals surface area contributed by atoms with Gasteiger partial charge >= 0.3 is 5.97 Å². The number of halogens is 2. The summed E-state index contributed by atoms with van der Waals surface area (Å²) in [7, 11) is 0. The minimum Gasteiger partial charge on any atom is -0.454 e. The third-order valence-corrected chi connectivity index (χ3v) is 3.93. The van der Waals surface area contributed by atoms with Crippen LogP contribution in [0.1, 0.15) is 10.4 Å². The highest BCUT2D eigenvalue weighted by Crippen LogP contribution is 2.39. The van der Waals surface area contributed by atoms with Gasteiger partial charge in [0.05, 0.1) is 10.6 Å². The van der Waals surface area contributed by atoms with Crippen LogP contribution in [0, 0.1) is 0 Å². The lowest BCUT2D eigenvalue weighted by Crippen LogP contribution is -2.20. The van der Waals surface area contributed by atoms with E-state index < -0.39 is 18.5 Å². The number of nitrogens with one attached hydrogen (secondary N) is 1. The van der Waals surface area contributed by atoms with Gasteiger partial charge in [-0.1, -0.05) is 27.5 Å². The van der Waals surface area contributed by atoms with E-state index in [-0.39, 0.29) is 17.4 Å². The number of fused-ring (bicyclic) bond motifs is 1. The molecule has 8 heteroatoms. The lowest BCUT2D eigenvalue weighted by molar-refractivity contribution is -0.119. The topological polar surface area (TPSA) is 73.9 Å². The maximum atomic E-state index is 12.0. The molecule has 0 atom stereocenters. The molecular weight excluding hydrogens is 402 g/mol. The van der Waals surface area contributed by atoms with Gasteiger partial charge in [0.25, 0.3) is 5.91 Å².